The number of carbonyl (C=O) groups excluding carboxylic acids is 6. The van der Waals surface area contributed by atoms with E-state index in [1.165, 1.54) is 35.2 Å². The summed E-state index contributed by atoms with van der Waals surface area (Å²) in [7, 11) is 0. The largest absolute Gasteiger partial charge is 0.426 e. The molecule has 4 amide bonds. The molecule has 16 heteroatoms. The lowest BCUT2D eigenvalue weighted by molar-refractivity contribution is -0.146. The minimum absolute atomic E-state index is 0.0525. The van der Waals surface area contributed by atoms with Gasteiger partial charge in [0.2, 0.25) is 23.6 Å². The van der Waals surface area contributed by atoms with Crippen LogP contribution < -0.4 is 14.4 Å². The highest BCUT2D eigenvalue weighted by molar-refractivity contribution is 6.22. The van der Waals surface area contributed by atoms with Crippen molar-refractivity contribution in [2.75, 3.05) is 4.90 Å². The number of amides is 4. The van der Waals surface area contributed by atoms with Crippen molar-refractivity contribution in [3.63, 3.8) is 0 Å². The van der Waals surface area contributed by atoms with Gasteiger partial charge in [-0.15, -0.1) is 0 Å². The van der Waals surface area contributed by atoms with Crippen LogP contribution in [0.15, 0.2) is 60.7 Å². The van der Waals surface area contributed by atoms with E-state index in [9.17, 15) is 55.1 Å². The molecule has 2 aliphatic carbocycles. The Bertz CT molecular complexity index is 2390. The Morgan fingerprint density at radius 2 is 1.02 bits per heavy atom. The first kappa shape index (κ1) is 46.5. The number of alkyl halides is 6. The molecule has 0 spiro atoms. The van der Waals surface area contributed by atoms with E-state index in [-0.39, 0.29) is 49.0 Å². The van der Waals surface area contributed by atoms with E-state index in [0.717, 1.165) is 24.3 Å². The first-order chi connectivity index (χ1) is 29.9. The topological polar surface area (TPSA) is 127 Å². The van der Waals surface area contributed by atoms with Gasteiger partial charge in [0.1, 0.15) is 11.5 Å². The predicted molar refractivity (Wildman–Crippen MR) is 220 cm³/mol. The third-order valence-electron chi connectivity index (χ3n) is 14.1. The third-order valence-corrected chi connectivity index (χ3v) is 14.1. The Hall–Kier alpha value is -5.54. The first-order valence-corrected chi connectivity index (χ1v) is 21.6. The van der Waals surface area contributed by atoms with E-state index in [0.29, 0.717) is 42.2 Å². The molecule has 2 aliphatic heterocycles. The summed E-state index contributed by atoms with van der Waals surface area (Å²) in [6.45, 7) is 10.8. The Morgan fingerprint density at radius 3 is 1.50 bits per heavy atom. The number of hydrogen-bond acceptors (Lipinski definition) is 8. The minimum Gasteiger partial charge on any atom is -0.426 e. The molecule has 2 heterocycles. The van der Waals surface area contributed by atoms with Gasteiger partial charge >= 0.3 is 24.3 Å². The molecular formula is C48H50F6N2O8. The van der Waals surface area contributed by atoms with Crippen LogP contribution in [0.2, 0.25) is 0 Å². The lowest BCUT2D eigenvalue weighted by Crippen LogP contribution is -2.47. The van der Waals surface area contributed by atoms with Crippen LogP contribution in [0.25, 0.3) is 11.1 Å². The van der Waals surface area contributed by atoms with Crippen molar-refractivity contribution in [1.29, 1.82) is 0 Å². The molecule has 7 rings (SSSR count). The molecule has 2 saturated carbocycles. The summed E-state index contributed by atoms with van der Waals surface area (Å²) in [5.74, 6) is -7.61. The second kappa shape index (κ2) is 16.8. The summed E-state index contributed by atoms with van der Waals surface area (Å²) in [5, 5.41) is 0. The quantitative estimate of drug-likeness (QED) is 0.0852. The fraction of sp³-hybridized carbons (Fsp3) is 0.500. The van der Waals surface area contributed by atoms with Crippen LogP contribution in [0, 0.1) is 35.5 Å². The van der Waals surface area contributed by atoms with Crippen LogP contribution in [0.1, 0.15) is 110 Å². The number of halogens is 6. The Balaban J connectivity index is 1.00. The van der Waals surface area contributed by atoms with Gasteiger partial charge in [0.25, 0.3) is 0 Å². The molecule has 10 nitrogen and oxygen atoms in total. The maximum Gasteiger partial charge on any atom is 0.417 e. The van der Waals surface area contributed by atoms with Crippen molar-refractivity contribution in [2.24, 2.45) is 35.5 Å². The minimum atomic E-state index is -5.17. The van der Waals surface area contributed by atoms with E-state index in [4.69, 9.17) is 9.47 Å². The van der Waals surface area contributed by atoms with Gasteiger partial charge < -0.3 is 9.47 Å². The summed E-state index contributed by atoms with van der Waals surface area (Å²) in [4.78, 5) is 82.2. The van der Waals surface area contributed by atoms with Crippen LogP contribution in [0.3, 0.4) is 0 Å². The zero-order valence-electron chi connectivity index (χ0n) is 36.3. The smallest absolute Gasteiger partial charge is 0.417 e. The Kier molecular flexibility index (Phi) is 12.2. The number of benzene rings is 3. The molecule has 3 aromatic carbocycles. The standard InChI is InChI=1S/C48H50F6N2O8/c1-7-45(3,4)27-11-19-31(37(23-27)47(49,50)51)32-20-12-28(24-38(32)48(52,53)54)55-39(57)33-17-9-25(21-35(33)40(55)58)43(61)63-29-13-15-30(16-14-29)64-44(62)26-10-18-34-36(22-26)42(60)56(41(34)59)46(5,6)8-2/h11-16,19-20,23-26,33-36H,7-10,17-18,21-22H2,1-6H3. The van der Waals surface area contributed by atoms with Crippen LogP contribution in [0.5, 0.6) is 11.5 Å². The number of rotatable bonds is 10. The van der Waals surface area contributed by atoms with E-state index >= 15 is 0 Å². The highest BCUT2D eigenvalue weighted by Crippen LogP contribution is 2.49. The van der Waals surface area contributed by atoms with Crippen molar-refractivity contribution < 1.29 is 64.6 Å². The number of esters is 2. The van der Waals surface area contributed by atoms with Gasteiger partial charge in [-0.05, 0) is 130 Å². The summed E-state index contributed by atoms with van der Waals surface area (Å²) in [6, 6.07) is 11.3. The number of likely N-dealkylation sites (tertiary alicyclic amines) is 1. The van der Waals surface area contributed by atoms with Gasteiger partial charge in [-0.1, -0.05) is 45.9 Å². The van der Waals surface area contributed by atoms with Crippen molar-refractivity contribution in [1.82, 2.24) is 4.90 Å². The normalized spacial score (nSPS) is 24.2. The molecule has 6 atom stereocenters. The van der Waals surface area contributed by atoms with Crippen molar-refractivity contribution in [2.45, 2.75) is 116 Å². The predicted octanol–water partition coefficient (Wildman–Crippen LogP) is 10.1. The van der Waals surface area contributed by atoms with Gasteiger partial charge in [-0.25, -0.2) is 0 Å². The maximum absolute atomic E-state index is 14.7. The molecule has 2 saturated heterocycles. The summed E-state index contributed by atoms with van der Waals surface area (Å²) in [6.07, 6.45) is -8.10. The fourth-order valence-corrected chi connectivity index (χ4v) is 9.55. The molecule has 6 unspecified atom stereocenters. The number of ether oxygens (including phenoxy) is 2. The second-order valence-electron chi connectivity index (χ2n) is 18.7. The summed E-state index contributed by atoms with van der Waals surface area (Å²) >= 11 is 0. The van der Waals surface area contributed by atoms with E-state index in [1.807, 2.05) is 20.8 Å². The SMILES string of the molecule is CCC(C)(C)c1ccc(-c2ccc(N3C(=O)C4CCC(C(=O)Oc5ccc(OC(=O)C6CCC7C(=O)N(C(C)(C)CC)C(=O)C7C6)cc5)CC4C3=O)cc2C(F)(F)F)c(C(F)(F)F)c1. The number of fused-ring (bicyclic) bond motifs is 2. The molecule has 0 N–H and O–H groups in total. The van der Waals surface area contributed by atoms with Gasteiger partial charge in [0.05, 0.1) is 52.3 Å². The van der Waals surface area contributed by atoms with Crippen molar-refractivity contribution in [3.8, 4) is 22.6 Å². The lowest BCUT2D eigenvalue weighted by Gasteiger charge is -2.33. The van der Waals surface area contributed by atoms with E-state index in [1.54, 1.807) is 20.8 Å². The molecule has 4 aliphatic rings. The molecule has 0 bridgehead atoms. The summed E-state index contributed by atoms with van der Waals surface area (Å²) in [5.41, 5.74) is -5.64. The van der Waals surface area contributed by atoms with Crippen LogP contribution in [-0.2, 0) is 46.5 Å². The van der Waals surface area contributed by atoms with Crippen LogP contribution in [0.4, 0.5) is 32.0 Å². The van der Waals surface area contributed by atoms with Crippen LogP contribution >= 0.6 is 0 Å². The molecule has 0 aromatic heterocycles. The summed E-state index contributed by atoms with van der Waals surface area (Å²) < 4.78 is 98.4. The van der Waals surface area contributed by atoms with Crippen molar-refractivity contribution >= 4 is 41.3 Å². The second-order valence-corrected chi connectivity index (χ2v) is 18.7. The highest BCUT2D eigenvalue weighted by Gasteiger charge is 2.55. The average Bonchev–Trinajstić information content (AvgIpc) is 3.66. The van der Waals surface area contributed by atoms with Gasteiger partial charge in [-0.2, -0.15) is 26.3 Å². The highest BCUT2D eigenvalue weighted by atomic mass is 19.4. The van der Waals surface area contributed by atoms with Gasteiger partial charge in [0.15, 0.2) is 0 Å². The average molecular weight is 897 g/mol. The monoisotopic (exact) mass is 896 g/mol. The molecule has 64 heavy (non-hydrogen) atoms. The Morgan fingerprint density at radius 1 is 0.578 bits per heavy atom. The molecular weight excluding hydrogens is 847 g/mol. The first-order valence-electron chi connectivity index (χ1n) is 21.6. The zero-order valence-corrected chi connectivity index (χ0v) is 36.3. The molecule has 3 aromatic rings. The maximum atomic E-state index is 14.7. The molecule has 4 fully saturated rings. The van der Waals surface area contributed by atoms with Crippen LogP contribution in [-0.4, -0.2) is 46.0 Å². The number of anilines is 1. The number of hydrogen-bond donors (Lipinski definition) is 0. The van der Waals surface area contributed by atoms with Gasteiger partial charge in [-0.3, -0.25) is 38.6 Å². The third kappa shape index (κ3) is 8.56. The van der Waals surface area contributed by atoms with E-state index in [2.05, 4.69) is 0 Å². The molecule has 0 radical (unpaired) electrons. The lowest BCUT2D eigenvalue weighted by atomic mass is 9.75. The van der Waals surface area contributed by atoms with E-state index < -0.39 is 111 Å². The zero-order chi connectivity index (χ0) is 46.8. The Labute approximate surface area is 366 Å². The number of nitrogens with zero attached hydrogens (tertiary/aromatic N) is 2. The number of carbonyl (C=O) groups is 6. The van der Waals surface area contributed by atoms with Gasteiger partial charge in [0, 0.05) is 5.54 Å². The van der Waals surface area contributed by atoms with Crippen molar-refractivity contribution in [3.05, 3.63) is 77.4 Å². The number of imide groups is 2. The molecule has 342 valence electrons. The fourth-order valence-electron chi connectivity index (χ4n) is 9.55.